The normalized spacial score (nSPS) is 22.7. The molecule has 1 aromatic heterocycles. The number of nitrogens with zero attached hydrogens (tertiary/aromatic N) is 1. The molecule has 1 aliphatic heterocycles. The second-order valence-corrected chi connectivity index (χ2v) is 4.25. The monoisotopic (exact) mass is 270 g/mol. The van der Waals surface area contributed by atoms with Crippen LogP contribution in [0, 0.1) is 0 Å². The molecule has 1 amide bonds. The van der Waals surface area contributed by atoms with Gasteiger partial charge in [0.25, 0.3) is 5.91 Å². The van der Waals surface area contributed by atoms with Gasteiger partial charge in [0.1, 0.15) is 17.1 Å². The highest BCUT2D eigenvalue weighted by Crippen LogP contribution is 2.21. The van der Waals surface area contributed by atoms with Gasteiger partial charge in [0, 0.05) is 0 Å². The van der Waals surface area contributed by atoms with Crippen molar-refractivity contribution in [3.05, 3.63) is 23.4 Å². The summed E-state index contributed by atoms with van der Waals surface area (Å²) < 4.78 is 5.11. The van der Waals surface area contributed by atoms with Crippen molar-refractivity contribution < 1.29 is 19.4 Å². The molecule has 0 bridgehead atoms. The Labute approximate surface area is 108 Å². The minimum atomic E-state index is -1.05. The number of hydrogen-bond donors (Lipinski definition) is 2. The van der Waals surface area contributed by atoms with E-state index in [1.165, 1.54) is 0 Å². The molecule has 2 N–H and O–H groups in total. The molecule has 2 rings (SSSR count). The van der Waals surface area contributed by atoms with Gasteiger partial charge in [-0.15, -0.1) is 0 Å². The highest BCUT2D eigenvalue weighted by atomic mass is 35.5. The number of amides is 1. The van der Waals surface area contributed by atoms with Crippen LogP contribution in [0.15, 0.2) is 18.2 Å². The van der Waals surface area contributed by atoms with E-state index in [9.17, 15) is 9.59 Å². The van der Waals surface area contributed by atoms with Gasteiger partial charge in [0.15, 0.2) is 6.10 Å². The van der Waals surface area contributed by atoms with Crippen LogP contribution in [0.3, 0.4) is 0 Å². The van der Waals surface area contributed by atoms with E-state index in [4.69, 9.17) is 21.4 Å². The minimum Gasteiger partial charge on any atom is -0.479 e. The first-order valence-electron chi connectivity index (χ1n) is 5.38. The maximum Gasteiger partial charge on any atom is 0.332 e. The molecule has 1 aliphatic rings. The standard InChI is InChI=1S/C11H11ClN2O4/c12-8-2-1-3-9(13-8)14-10(15)6-4-5-7(18-6)11(16)17/h1-3,6-7H,4-5H2,(H,16,17)(H,13,14,15)/t6-,7+/m0/s1. The molecule has 7 heteroatoms. The molecular formula is C11H11ClN2O4. The number of nitrogens with one attached hydrogen (secondary N) is 1. The highest BCUT2D eigenvalue weighted by molar-refractivity contribution is 6.29. The maximum absolute atomic E-state index is 11.8. The SMILES string of the molecule is O=C(Nc1cccc(Cl)n1)[C@@H]1CC[C@H](C(=O)O)O1. The lowest BCUT2D eigenvalue weighted by molar-refractivity contribution is -0.150. The second kappa shape index (κ2) is 5.32. The molecule has 0 aliphatic carbocycles. The number of hydrogen-bond acceptors (Lipinski definition) is 4. The molecule has 96 valence electrons. The Bertz CT molecular complexity index is 480. The maximum atomic E-state index is 11.8. The molecule has 18 heavy (non-hydrogen) atoms. The van der Waals surface area contributed by atoms with Crippen LogP contribution in [0.1, 0.15) is 12.8 Å². The van der Waals surface area contributed by atoms with Gasteiger partial charge in [-0.1, -0.05) is 17.7 Å². The highest BCUT2D eigenvalue weighted by Gasteiger charge is 2.34. The number of carboxylic acids is 1. The van der Waals surface area contributed by atoms with E-state index in [2.05, 4.69) is 10.3 Å². The Morgan fingerprint density at radius 1 is 1.39 bits per heavy atom. The predicted molar refractivity (Wildman–Crippen MR) is 63.4 cm³/mol. The molecule has 0 spiro atoms. The fourth-order valence-electron chi connectivity index (χ4n) is 1.70. The van der Waals surface area contributed by atoms with Crippen LogP contribution in [-0.4, -0.2) is 34.2 Å². The van der Waals surface area contributed by atoms with Gasteiger partial charge in [-0.2, -0.15) is 0 Å². The van der Waals surface area contributed by atoms with Crippen molar-refractivity contribution >= 4 is 29.3 Å². The molecule has 0 radical (unpaired) electrons. The Morgan fingerprint density at radius 3 is 2.72 bits per heavy atom. The number of anilines is 1. The summed E-state index contributed by atoms with van der Waals surface area (Å²) in [6, 6.07) is 4.83. The zero-order valence-electron chi connectivity index (χ0n) is 9.30. The van der Waals surface area contributed by atoms with Gasteiger partial charge in [-0.3, -0.25) is 4.79 Å². The third kappa shape index (κ3) is 2.96. The van der Waals surface area contributed by atoms with Crippen LogP contribution in [-0.2, 0) is 14.3 Å². The average molecular weight is 271 g/mol. The topological polar surface area (TPSA) is 88.5 Å². The first kappa shape index (κ1) is 12.8. The summed E-state index contributed by atoms with van der Waals surface area (Å²) in [6.07, 6.45) is -0.959. The molecule has 0 aromatic carbocycles. The van der Waals surface area contributed by atoms with Crippen molar-refractivity contribution in [3.8, 4) is 0 Å². The van der Waals surface area contributed by atoms with Crippen LogP contribution in [0.2, 0.25) is 5.15 Å². The number of carbonyl (C=O) groups excluding carboxylic acids is 1. The molecule has 2 heterocycles. The summed E-state index contributed by atoms with van der Waals surface area (Å²) in [5, 5.41) is 11.6. The van der Waals surface area contributed by atoms with Crippen LogP contribution < -0.4 is 5.32 Å². The fourth-order valence-corrected chi connectivity index (χ4v) is 1.86. The summed E-state index contributed by atoms with van der Waals surface area (Å²) >= 11 is 5.68. The van der Waals surface area contributed by atoms with Crippen molar-refractivity contribution in [2.24, 2.45) is 0 Å². The van der Waals surface area contributed by atoms with Crippen LogP contribution >= 0.6 is 11.6 Å². The number of pyridine rings is 1. The number of halogens is 1. The summed E-state index contributed by atoms with van der Waals surface area (Å²) in [6.45, 7) is 0. The molecular weight excluding hydrogens is 260 g/mol. The number of carboxylic acid groups (broad SMARTS) is 1. The van der Waals surface area contributed by atoms with Gasteiger partial charge in [0.2, 0.25) is 0 Å². The summed E-state index contributed by atoms with van der Waals surface area (Å²) in [4.78, 5) is 26.4. The summed E-state index contributed by atoms with van der Waals surface area (Å²) in [7, 11) is 0. The Hall–Kier alpha value is -1.66. The van der Waals surface area contributed by atoms with Crippen molar-refractivity contribution in [3.63, 3.8) is 0 Å². The summed E-state index contributed by atoms with van der Waals surface area (Å²) in [5.41, 5.74) is 0. The van der Waals surface area contributed by atoms with E-state index in [0.29, 0.717) is 18.7 Å². The minimum absolute atomic E-state index is 0.267. The van der Waals surface area contributed by atoms with E-state index in [1.54, 1.807) is 18.2 Å². The lowest BCUT2D eigenvalue weighted by atomic mass is 10.2. The van der Waals surface area contributed by atoms with Crippen molar-refractivity contribution in [2.45, 2.75) is 25.0 Å². The van der Waals surface area contributed by atoms with Gasteiger partial charge >= 0.3 is 5.97 Å². The van der Waals surface area contributed by atoms with E-state index >= 15 is 0 Å². The zero-order chi connectivity index (χ0) is 13.1. The number of aliphatic carboxylic acids is 1. The molecule has 1 saturated heterocycles. The Kier molecular flexibility index (Phi) is 3.78. The lowest BCUT2D eigenvalue weighted by Crippen LogP contribution is -2.30. The van der Waals surface area contributed by atoms with E-state index in [1.807, 2.05) is 0 Å². The number of carbonyl (C=O) groups is 2. The van der Waals surface area contributed by atoms with Crippen LogP contribution in [0.25, 0.3) is 0 Å². The van der Waals surface area contributed by atoms with Gasteiger partial charge in [-0.25, -0.2) is 9.78 Å². The molecule has 2 atom stereocenters. The van der Waals surface area contributed by atoms with Gasteiger partial charge in [-0.05, 0) is 25.0 Å². The van der Waals surface area contributed by atoms with E-state index < -0.39 is 24.1 Å². The van der Waals surface area contributed by atoms with Crippen molar-refractivity contribution in [2.75, 3.05) is 5.32 Å². The lowest BCUT2D eigenvalue weighted by Gasteiger charge is -2.11. The fraction of sp³-hybridized carbons (Fsp3) is 0.364. The Morgan fingerprint density at radius 2 is 2.11 bits per heavy atom. The quantitative estimate of drug-likeness (QED) is 0.809. The third-order valence-electron chi connectivity index (χ3n) is 2.55. The largest absolute Gasteiger partial charge is 0.479 e. The van der Waals surface area contributed by atoms with E-state index in [-0.39, 0.29) is 5.15 Å². The number of rotatable bonds is 3. The molecule has 6 nitrogen and oxygen atoms in total. The predicted octanol–water partition coefficient (Wildman–Crippen LogP) is 1.31. The molecule has 0 saturated carbocycles. The second-order valence-electron chi connectivity index (χ2n) is 3.86. The average Bonchev–Trinajstić information content (AvgIpc) is 2.78. The van der Waals surface area contributed by atoms with Crippen molar-refractivity contribution in [1.29, 1.82) is 0 Å². The molecule has 1 aromatic rings. The first-order chi connectivity index (χ1) is 8.56. The third-order valence-corrected chi connectivity index (χ3v) is 2.76. The zero-order valence-corrected chi connectivity index (χ0v) is 10.1. The van der Waals surface area contributed by atoms with Crippen LogP contribution in [0.4, 0.5) is 5.82 Å². The van der Waals surface area contributed by atoms with Gasteiger partial charge in [0.05, 0.1) is 0 Å². The first-order valence-corrected chi connectivity index (χ1v) is 5.76. The Balaban J connectivity index is 1.95. The molecule has 0 unspecified atom stereocenters. The van der Waals surface area contributed by atoms with Crippen molar-refractivity contribution in [1.82, 2.24) is 4.98 Å². The smallest absolute Gasteiger partial charge is 0.332 e. The molecule has 1 fully saturated rings. The number of aromatic nitrogens is 1. The van der Waals surface area contributed by atoms with Gasteiger partial charge < -0.3 is 15.2 Å². The van der Waals surface area contributed by atoms with Crippen LogP contribution in [0.5, 0.6) is 0 Å². The van der Waals surface area contributed by atoms with E-state index in [0.717, 1.165) is 0 Å². The number of ether oxygens (including phenoxy) is 1. The summed E-state index contributed by atoms with van der Waals surface area (Å²) in [5.74, 6) is -1.14.